The molecule has 4 rings (SSSR count). The molecule has 1 atom stereocenters. The first-order valence-corrected chi connectivity index (χ1v) is 9.88. The molecule has 4 nitrogen and oxygen atoms in total. The normalized spacial score (nSPS) is 19.7. The Balaban J connectivity index is 1.46. The fourth-order valence-electron chi connectivity index (χ4n) is 4.21. The number of hydrogen-bond acceptors (Lipinski definition) is 2. The smallest absolute Gasteiger partial charge is 0.244 e. The summed E-state index contributed by atoms with van der Waals surface area (Å²) < 4.78 is 2.10. The van der Waals surface area contributed by atoms with Crippen molar-refractivity contribution in [2.75, 3.05) is 0 Å². The van der Waals surface area contributed by atoms with E-state index in [0.29, 0.717) is 0 Å². The molecule has 0 unspecified atom stereocenters. The van der Waals surface area contributed by atoms with E-state index in [1.165, 1.54) is 41.7 Å². The van der Waals surface area contributed by atoms with E-state index in [4.69, 9.17) is 0 Å². The predicted molar refractivity (Wildman–Crippen MR) is 103 cm³/mol. The lowest BCUT2D eigenvalue weighted by atomic mass is 9.92. The number of hydrogen-bond donors (Lipinski definition) is 1. The van der Waals surface area contributed by atoms with Gasteiger partial charge in [0.1, 0.15) is 0 Å². The van der Waals surface area contributed by atoms with Crippen molar-refractivity contribution in [1.29, 1.82) is 0 Å². The number of aromatic nitrogens is 2. The lowest BCUT2D eigenvalue weighted by Crippen LogP contribution is -2.30. The Bertz CT molecular complexity index is 783. The van der Waals surface area contributed by atoms with Gasteiger partial charge in [-0.2, -0.15) is 5.10 Å². The predicted octanol–water partition coefficient (Wildman–Crippen LogP) is 4.32. The molecule has 2 aliphatic rings. The van der Waals surface area contributed by atoms with Crippen LogP contribution in [0.25, 0.3) is 0 Å². The standard InChI is InChI=1S/C22H27N3O/c26-22(14-17-8-3-1-4-9-17)24-20-12-7-13-21-19(20)15-23-25(21)16-18-10-5-2-6-11-18/h2,5-6,10-11,14-15,20H,1,3-4,7-9,12-13,16H2,(H,24,26)/t20-/m1/s1. The Morgan fingerprint density at radius 1 is 1.12 bits per heavy atom. The molecule has 2 aliphatic carbocycles. The summed E-state index contributed by atoms with van der Waals surface area (Å²) in [7, 11) is 0. The number of nitrogens with zero attached hydrogens (tertiary/aromatic N) is 2. The van der Waals surface area contributed by atoms with Gasteiger partial charge in [-0.25, -0.2) is 0 Å². The van der Waals surface area contributed by atoms with Crippen LogP contribution in [-0.4, -0.2) is 15.7 Å². The third kappa shape index (κ3) is 3.90. The van der Waals surface area contributed by atoms with Crippen molar-refractivity contribution in [3.8, 4) is 0 Å². The molecule has 1 amide bonds. The summed E-state index contributed by atoms with van der Waals surface area (Å²) in [6.07, 6.45) is 12.8. The maximum atomic E-state index is 12.5. The van der Waals surface area contributed by atoms with E-state index >= 15 is 0 Å². The second-order valence-electron chi connectivity index (χ2n) is 7.51. The summed E-state index contributed by atoms with van der Waals surface area (Å²) in [5.41, 5.74) is 5.04. The summed E-state index contributed by atoms with van der Waals surface area (Å²) in [5, 5.41) is 7.85. The van der Waals surface area contributed by atoms with Gasteiger partial charge in [-0.1, -0.05) is 42.3 Å². The monoisotopic (exact) mass is 349 g/mol. The van der Waals surface area contributed by atoms with Crippen molar-refractivity contribution in [3.63, 3.8) is 0 Å². The summed E-state index contributed by atoms with van der Waals surface area (Å²) in [4.78, 5) is 12.5. The van der Waals surface area contributed by atoms with Crippen LogP contribution in [-0.2, 0) is 17.8 Å². The van der Waals surface area contributed by atoms with Gasteiger partial charge in [0.05, 0.1) is 18.8 Å². The van der Waals surface area contributed by atoms with Crippen LogP contribution in [0.3, 0.4) is 0 Å². The molecular formula is C22H27N3O. The van der Waals surface area contributed by atoms with Crippen LogP contribution in [0, 0.1) is 0 Å². The number of rotatable bonds is 4. The zero-order chi connectivity index (χ0) is 17.8. The van der Waals surface area contributed by atoms with Gasteiger partial charge in [-0.05, 0) is 50.5 Å². The zero-order valence-corrected chi connectivity index (χ0v) is 15.3. The molecule has 1 fully saturated rings. The second-order valence-corrected chi connectivity index (χ2v) is 7.51. The number of benzene rings is 1. The lowest BCUT2D eigenvalue weighted by Gasteiger charge is -2.24. The minimum atomic E-state index is 0.0653. The molecular weight excluding hydrogens is 322 g/mol. The largest absolute Gasteiger partial charge is 0.346 e. The van der Waals surface area contributed by atoms with Crippen molar-refractivity contribution < 1.29 is 4.79 Å². The highest BCUT2D eigenvalue weighted by Gasteiger charge is 2.25. The van der Waals surface area contributed by atoms with Crippen molar-refractivity contribution in [2.45, 2.75) is 64.0 Å². The average molecular weight is 349 g/mol. The van der Waals surface area contributed by atoms with Crippen molar-refractivity contribution in [1.82, 2.24) is 15.1 Å². The molecule has 0 radical (unpaired) electrons. The highest BCUT2D eigenvalue weighted by molar-refractivity contribution is 5.88. The zero-order valence-electron chi connectivity index (χ0n) is 15.3. The summed E-state index contributed by atoms with van der Waals surface area (Å²) in [5.74, 6) is 0.0653. The van der Waals surface area contributed by atoms with Gasteiger partial charge in [-0.15, -0.1) is 0 Å². The first-order chi connectivity index (χ1) is 12.8. The van der Waals surface area contributed by atoms with Crippen LogP contribution in [0.5, 0.6) is 0 Å². The summed E-state index contributed by atoms with van der Waals surface area (Å²) in [6, 6.07) is 10.5. The van der Waals surface area contributed by atoms with Gasteiger partial charge in [0.15, 0.2) is 0 Å². The minimum absolute atomic E-state index is 0.0653. The number of carbonyl (C=O) groups excluding carboxylic acids is 1. The molecule has 1 aromatic heterocycles. The van der Waals surface area contributed by atoms with Gasteiger partial charge in [-0.3, -0.25) is 9.48 Å². The van der Waals surface area contributed by atoms with Crippen LogP contribution in [0.2, 0.25) is 0 Å². The quantitative estimate of drug-likeness (QED) is 0.836. The number of fused-ring (bicyclic) bond motifs is 1. The van der Waals surface area contributed by atoms with Gasteiger partial charge in [0.25, 0.3) is 0 Å². The number of nitrogens with one attached hydrogen (secondary N) is 1. The Morgan fingerprint density at radius 2 is 1.92 bits per heavy atom. The van der Waals surface area contributed by atoms with Crippen LogP contribution in [0.15, 0.2) is 48.2 Å². The number of carbonyl (C=O) groups is 1. The summed E-state index contributed by atoms with van der Waals surface area (Å²) in [6.45, 7) is 0.793. The molecule has 1 heterocycles. The van der Waals surface area contributed by atoms with E-state index in [-0.39, 0.29) is 11.9 Å². The minimum Gasteiger partial charge on any atom is -0.346 e. The molecule has 2 aromatic rings. The highest BCUT2D eigenvalue weighted by atomic mass is 16.1. The first kappa shape index (κ1) is 17.1. The third-order valence-electron chi connectivity index (χ3n) is 5.59. The average Bonchev–Trinajstić information content (AvgIpc) is 3.07. The Morgan fingerprint density at radius 3 is 2.73 bits per heavy atom. The van der Waals surface area contributed by atoms with E-state index in [2.05, 4.69) is 39.4 Å². The van der Waals surface area contributed by atoms with Crippen LogP contribution < -0.4 is 5.32 Å². The SMILES string of the molecule is O=C(C=C1CCCCC1)N[C@@H]1CCCc2c1cnn2Cc1ccccc1. The fraction of sp³-hybridized carbons (Fsp3) is 0.455. The molecule has 4 heteroatoms. The summed E-state index contributed by atoms with van der Waals surface area (Å²) >= 11 is 0. The second kappa shape index (κ2) is 7.90. The number of allylic oxidation sites excluding steroid dienone is 1. The van der Waals surface area contributed by atoms with Crippen molar-refractivity contribution in [3.05, 3.63) is 65.0 Å². The van der Waals surface area contributed by atoms with Crippen LogP contribution >= 0.6 is 0 Å². The molecule has 0 saturated heterocycles. The van der Waals surface area contributed by atoms with Gasteiger partial charge in [0.2, 0.25) is 5.91 Å². The molecule has 136 valence electrons. The van der Waals surface area contributed by atoms with Crippen LogP contribution in [0.1, 0.15) is 67.8 Å². The van der Waals surface area contributed by atoms with Crippen molar-refractivity contribution in [2.24, 2.45) is 0 Å². The molecule has 1 N–H and O–H groups in total. The van der Waals surface area contributed by atoms with E-state index in [1.807, 2.05) is 18.3 Å². The molecule has 0 spiro atoms. The Kier molecular flexibility index (Phi) is 5.19. The van der Waals surface area contributed by atoms with Gasteiger partial charge < -0.3 is 5.32 Å². The lowest BCUT2D eigenvalue weighted by molar-refractivity contribution is -0.117. The van der Waals surface area contributed by atoms with Gasteiger partial charge in [0, 0.05) is 17.3 Å². The van der Waals surface area contributed by atoms with Crippen LogP contribution in [0.4, 0.5) is 0 Å². The maximum absolute atomic E-state index is 12.5. The molecule has 26 heavy (non-hydrogen) atoms. The maximum Gasteiger partial charge on any atom is 0.244 e. The first-order valence-electron chi connectivity index (χ1n) is 9.88. The Labute approximate surface area is 155 Å². The Hall–Kier alpha value is -2.36. The fourth-order valence-corrected chi connectivity index (χ4v) is 4.21. The van der Waals surface area contributed by atoms with E-state index in [0.717, 1.165) is 38.6 Å². The van der Waals surface area contributed by atoms with Gasteiger partial charge >= 0.3 is 0 Å². The molecule has 0 bridgehead atoms. The molecule has 1 saturated carbocycles. The highest BCUT2D eigenvalue weighted by Crippen LogP contribution is 2.30. The third-order valence-corrected chi connectivity index (χ3v) is 5.59. The van der Waals surface area contributed by atoms with E-state index < -0.39 is 0 Å². The molecule has 1 aromatic carbocycles. The van der Waals surface area contributed by atoms with E-state index in [1.54, 1.807) is 0 Å². The molecule has 0 aliphatic heterocycles. The topological polar surface area (TPSA) is 46.9 Å². The number of amides is 1. The van der Waals surface area contributed by atoms with Crippen molar-refractivity contribution >= 4 is 5.91 Å². The van der Waals surface area contributed by atoms with E-state index in [9.17, 15) is 4.79 Å².